The Morgan fingerprint density at radius 1 is 0.829 bits per heavy atom. The first-order chi connectivity index (χ1) is 17.2. The van der Waals surface area contributed by atoms with Crippen LogP contribution in [-0.2, 0) is 13.2 Å². The zero-order valence-electron chi connectivity index (χ0n) is 18.9. The van der Waals surface area contributed by atoms with E-state index >= 15 is 0 Å². The highest BCUT2D eigenvalue weighted by Gasteiger charge is 2.14. The average molecular weight is 463 g/mol. The van der Waals surface area contributed by atoms with Crippen molar-refractivity contribution in [2.75, 3.05) is 0 Å². The number of nitrogens with one attached hydrogen (secondary N) is 1. The summed E-state index contributed by atoms with van der Waals surface area (Å²) in [6.07, 6.45) is 0. The topological polar surface area (TPSA) is 51.2 Å². The van der Waals surface area contributed by atoms with Gasteiger partial charge in [0.2, 0.25) is 0 Å². The maximum absolute atomic E-state index is 13.8. The van der Waals surface area contributed by atoms with Gasteiger partial charge in [0.05, 0.1) is 16.8 Å². The Hall–Kier alpha value is -4.51. The minimum Gasteiger partial charge on any atom is -0.489 e. The van der Waals surface area contributed by atoms with Gasteiger partial charge in [-0.15, -0.1) is 0 Å². The molecule has 0 aliphatic rings. The van der Waals surface area contributed by atoms with E-state index in [1.165, 1.54) is 6.07 Å². The lowest BCUT2D eigenvalue weighted by Gasteiger charge is -2.11. The Bertz CT molecular complexity index is 1470. The van der Waals surface area contributed by atoms with Crippen molar-refractivity contribution in [1.29, 1.82) is 0 Å². The van der Waals surface area contributed by atoms with Crippen molar-refractivity contribution < 1.29 is 13.9 Å². The summed E-state index contributed by atoms with van der Waals surface area (Å²) < 4.78 is 19.5. The first-order valence-electron chi connectivity index (χ1n) is 11.4. The molecule has 0 aliphatic carbocycles. The number of fused-ring (bicyclic) bond motifs is 1. The summed E-state index contributed by atoms with van der Waals surface area (Å²) in [5, 5.41) is 3.82. The van der Waals surface area contributed by atoms with Gasteiger partial charge >= 0.3 is 0 Å². The lowest BCUT2D eigenvalue weighted by atomic mass is 10.0. The summed E-state index contributed by atoms with van der Waals surface area (Å²) in [6.45, 7) is 0.519. The molecule has 0 aliphatic heterocycles. The largest absolute Gasteiger partial charge is 0.489 e. The number of hydrogen-bond acceptors (Lipinski definition) is 3. The maximum Gasteiger partial charge on any atom is 0.252 e. The molecule has 0 saturated heterocycles. The Balaban J connectivity index is 1.29. The lowest BCUT2D eigenvalue weighted by Crippen LogP contribution is -2.23. The minimum absolute atomic E-state index is 0.154. The van der Waals surface area contributed by atoms with Gasteiger partial charge in [-0.1, -0.05) is 78.9 Å². The highest BCUT2D eigenvalue weighted by Crippen LogP contribution is 2.25. The number of benzene rings is 4. The highest BCUT2D eigenvalue weighted by molar-refractivity contribution is 6.07. The smallest absolute Gasteiger partial charge is 0.252 e. The van der Waals surface area contributed by atoms with Crippen LogP contribution < -0.4 is 10.1 Å². The van der Waals surface area contributed by atoms with E-state index in [1.54, 1.807) is 18.2 Å². The third-order valence-electron chi connectivity index (χ3n) is 5.76. The number of halogens is 1. The molecule has 1 amide bonds. The summed E-state index contributed by atoms with van der Waals surface area (Å²) in [4.78, 5) is 17.9. The fourth-order valence-electron chi connectivity index (χ4n) is 3.88. The van der Waals surface area contributed by atoms with Gasteiger partial charge in [0.15, 0.2) is 0 Å². The van der Waals surface area contributed by atoms with Gasteiger partial charge in [-0.2, -0.15) is 0 Å². The van der Waals surface area contributed by atoms with Crippen LogP contribution in [0.4, 0.5) is 4.39 Å². The van der Waals surface area contributed by atoms with Gasteiger partial charge in [0.25, 0.3) is 5.91 Å². The molecule has 0 saturated carbocycles. The normalized spacial score (nSPS) is 10.8. The van der Waals surface area contributed by atoms with E-state index in [0.717, 1.165) is 27.7 Å². The van der Waals surface area contributed by atoms with Crippen molar-refractivity contribution in [3.63, 3.8) is 0 Å². The van der Waals surface area contributed by atoms with E-state index < -0.39 is 0 Å². The monoisotopic (exact) mass is 462 g/mol. The Morgan fingerprint density at radius 2 is 1.54 bits per heavy atom. The summed E-state index contributed by atoms with van der Waals surface area (Å²) in [5.41, 5.74) is 4.50. The van der Waals surface area contributed by atoms with Crippen LogP contribution >= 0.6 is 0 Å². The van der Waals surface area contributed by atoms with Crippen molar-refractivity contribution in [3.05, 3.63) is 132 Å². The number of pyridine rings is 1. The van der Waals surface area contributed by atoms with Crippen molar-refractivity contribution in [2.45, 2.75) is 13.2 Å². The number of para-hydroxylation sites is 1. The van der Waals surface area contributed by atoms with Crippen molar-refractivity contribution >= 4 is 16.8 Å². The fraction of sp³-hybridized carbons (Fsp3) is 0.0667. The highest BCUT2D eigenvalue weighted by atomic mass is 19.1. The van der Waals surface area contributed by atoms with Crippen LogP contribution in [0, 0.1) is 5.82 Å². The molecule has 1 aromatic heterocycles. The second kappa shape index (κ2) is 10.2. The molecular formula is C30H23FN2O2. The van der Waals surface area contributed by atoms with Crippen LogP contribution in [0.3, 0.4) is 0 Å². The van der Waals surface area contributed by atoms with Gasteiger partial charge in [0, 0.05) is 23.1 Å². The molecule has 0 fully saturated rings. The van der Waals surface area contributed by atoms with E-state index in [4.69, 9.17) is 9.72 Å². The van der Waals surface area contributed by atoms with Gasteiger partial charge < -0.3 is 10.1 Å². The number of aromatic nitrogens is 1. The number of nitrogens with zero attached hydrogens (tertiary/aromatic N) is 1. The van der Waals surface area contributed by atoms with Crippen LogP contribution in [0.1, 0.15) is 21.5 Å². The summed E-state index contributed by atoms with van der Waals surface area (Å²) in [6, 6.07) is 33.3. The minimum atomic E-state index is -0.286. The van der Waals surface area contributed by atoms with Crippen LogP contribution in [0.25, 0.3) is 22.2 Å². The number of amides is 1. The summed E-state index contributed by atoms with van der Waals surface area (Å²) in [7, 11) is 0. The second-order valence-electron chi connectivity index (χ2n) is 8.14. The van der Waals surface area contributed by atoms with Gasteiger partial charge in [-0.3, -0.25) is 4.79 Å². The quantitative estimate of drug-likeness (QED) is 0.298. The third kappa shape index (κ3) is 5.20. The molecule has 1 heterocycles. The van der Waals surface area contributed by atoms with Crippen LogP contribution in [0.15, 0.2) is 109 Å². The van der Waals surface area contributed by atoms with Crippen molar-refractivity contribution in [2.24, 2.45) is 0 Å². The van der Waals surface area contributed by atoms with Gasteiger partial charge in [-0.25, -0.2) is 9.37 Å². The summed E-state index contributed by atoms with van der Waals surface area (Å²) in [5.74, 6) is 0.183. The van der Waals surface area contributed by atoms with Crippen LogP contribution in [0.2, 0.25) is 0 Å². The molecule has 35 heavy (non-hydrogen) atoms. The molecule has 5 aromatic rings. The number of hydrogen-bond donors (Lipinski definition) is 1. The van der Waals surface area contributed by atoms with Gasteiger partial charge in [0.1, 0.15) is 18.2 Å². The molecule has 0 spiro atoms. The predicted octanol–water partition coefficient (Wildman–Crippen LogP) is 6.55. The second-order valence-corrected chi connectivity index (χ2v) is 8.14. The van der Waals surface area contributed by atoms with E-state index in [2.05, 4.69) is 5.32 Å². The molecule has 172 valence electrons. The molecule has 5 heteroatoms. The van der Waals surface area contributed by atoms with E-state index in [1.807, 2.05) is 84.9 Å². The lowest BCUT2D eigenvalue weighted by molar-refractivity contribution is 0.0952. The zero-order valence-corrected chi connectivity index (χ0v) is 18.9. The third-order valence-corrected chi connectivity index (χ3v) is 5.76. The molecule has 4 aromatic carbocycles. The number of ether oxygens (including phenoxy) is 1. The molecule has 4 nitrogen and oxygen atoms in total. The fourth-order valence-corrected chi connectivity index (χ4v) is 3.88. The molecule has 0 unspecified atom stereocenters. The van der Waals surface area contributed by atoms with Gasteiger partial charge in [-0.05, 0) is 35.9 Å². The SMILES string of the molecule is O=C(NCc1ccc(OCc2ccccc2F)cc1)c1cc(-c2ccccc2)nc2ccccc12. The zero-order chi connectivity index (χ0) is 24.0. The predicted molar refractivity (Wildman–Crippen MR) is 136 cm³/mol. The molecule has 0 radical (unpaired) electrons. The Labute approximate surface area is 203 Å². The van der Waals surface area contributed by atoms with Crippen molar-refractivity contribution in [3.8, 4) is 17.0 Å². The molecule has 5 rings (SSSR count). The average Bonchev–Trinajstić information content (AvgIpc) is 2.91. The van der Waals surface area contributed by atoms with Crippen LogP contribution in [0.5, 0.6) is 5.75 Å². The summed E-state index contributed by atoms with van der Waals surface area (Å²) >= 11 is 0. The van der Waals surface area contributed by atoms with E-state index in [9.17, 15) is 9.18 Å². The maximum atomic E-state index is 13.8. The molecule has 1 N–H and O–H groups in total. The number of carbonyl (C=O) groups excluding carboxylic acids is 1. The number of rotatable bonds is 7. The van der Waals surface area contributed by atoms with E-state index in [-0.39, 0.29) is 18.3 Å². The first kappa shape index (κ1) is 22.3. The standard InChI is InChI=1S/C30H23FN2O2/c31-27-12-6-4-10-23(27)20-35-24-16-14-21(15-17-24)19-32-30(34)26-18-29(22-8-2-1-3-9-22)33-28-13-7-5-11-25(26)28/h1-18H,19-20H2,(H,32,34). The van der Waals surface area contributed by atoms with Crippen molar-refractivity contribution in [1.82, 2.24) is 10.3 Å². The van der Waals surface area contributed by atoms with E-state index in [0.29, 0.717) is 23.4 Å². The first-order valence-corrected chi connectivity index (χ1v) is 11.4. The Morgan fingerprint density at radius 3 is 2.34 bits per heavy atom. The Kier molecular flexibility index (Phi) is 6.48. The molecular weight excluding hydrogens is 439 g/mol. The molecule has 0 atom stereocenters. The number of carbonyl (C=O) groups is 1. The van der Waals surface area contributed by atoms with Crippen LogP contribution in [-0.4, -0.2) is 10.9 Å². The molecule has 0 bridgehead atoms.